The first-order valence-corrected chi connectivity index (χ1v) is 13.7. The summed E-state index contributed by atoms with van der Waals surface area (Å²) < 4.78 is 27.0. The molecule has 1 N–H and O–H groups in total. The standard InChI is InChI=1S/C29H29FN2O3.C4H10O/c1-5-34-25(33)15-22-17(2)14-23-20(7-6-19(28(23)30)16-32(3)4)27(22)21-8-9-24-26-18(11-13-35-24)10-12-31-29(21)26;1-4(2,3)5/h6-10,12,14H,5,11,13,15-16H2,1-4H3;5H,1-3H3. The number of aryl methyl sites for hydroxylation is 1. The van der Waals surface area contributed by atoms with Crippen molar-refractivity contribution in [2.45, 2.75) is 59.6 Å². The van der Waals surface area contributed by atoms with Crippen LogP contribution in [0.4, 0.5) is 4.39 Å². The normalized spacial score (nSPS) is 12.8. The van der Waals surface area contributed by atoms with Crippen molar-refractivity contribution in [2.75, 3.05) is 27.3 Å². The highest BCUT2D eigenvalue weighted by atomic mass is 19.1. The highest BCUT2D eigenvalue weighted by Gasteiger charge is 2.24. The number of aliphatic hydroxyl groups is 1. The molecule has 0 amide bonds. The molecule has 1 aliphatic rings. The monoisotopic (exact) mass is 546 g/mol. The Kier molecular flexibility index (Phi) is 8.76. The van der Waals surface area contributed by atoms with E-state index in [1.54, 1.807) is 27.7 Å². The van der Waals surface area contributed by atoms with E-state index in [-0.39, 0.29) is 18.2 Å². The predicted octanol–water partition coefficient (Wildman–Crippen LogP) is 6.38. The average molecular weight is 547 g/mol. The molecule has 6 nitrogen and oxygen atoms in total. The number of carbonyl (C=O) groups is 1. The van der Waals surface area contributed by atoms with Gasteiger partial charge in [0.25, 0.3) is 0 Å². The number of benzene rings is 3. The number of esters is 1. The number of hydrogen-bond acceptors (Lipinski definition) is 6. The summed E-state index contributed by atoms with van der Waals surface area (Å²) in [6, 6.07) is 11.6. The van der Waals surface area contributed by atoms with Crippen molar-refractivity contribution < 1.29 is 23.8 Å². The summed E-state index contributed by atoms with van der Waals surface area (Å²) in [5.74, 6) is 0.267. The van der Waals surface area contributed by atoms with Crippen molar-refractivity contribution in [3.63, 3.8) is 0 Å². The number of carbonyl (C=O) groups excluding carboxylic acids is 1. The zero-order valence-corrected chi connectivity index (χ0v) is 24.5. The molecule has 0 bridgehead atoms. The van der Waals surface area contributed by atoms with Crippen LogP contribution in [0.1, 0.15) is 49.9 Å². The molecule has 0 atom stereocenters. The molecule has 0 radical (unpaired) electrons. The Morgan fingerprint density at radius 2 is 1.88 bits per heavy atom. The van der Waals surface area contributed by atoms with Crippen LogP contribution in [0.2, 0.25) is 0 Å². The Balaban J connectivity index is 0.000000681. The lowest BCUT2D eigenvalue weighted by Gasteiger charge is -2.22. The maximum atomic E-state index is 15.8. The molecule has 212 valence electrons. The van der Waals surface area contributed by atoms with Gasteiger partial charge in [0.1, 0.15) is 11.6 Å². The lowest BCUT2D eigenvalue weighted by atomic mass is 9.86. The zero-order valence-electron chi connectivity index (χ0n) is 24.5. The lowest BCUT2D eigenvalue weighted by Crippen LogP contribution is -2.13. The van der Waals surface area contributed by atoms with Gasteiger partial charge in [-0.15, -0.1) is 0 Å². The maximum absolute atomic E-state index is 15.8. The number of ether oxygens (including phenoxy) is 2. The fourth-order valence-electron chi connectivity index (χ4n) is 5.12. The summed E-state index contributed by atoms with van der Waals surface area (Å²) in [5, 5.41) is 10.8. The molecule has 0 fully saturated rings. The van der Waals surface area contributed by atoms with Gasteiger partial charge >= 0.3 is 5.97 Å². The SMILES string of the molecule is CC(C)(C)O.CCOC(=O)Cc1c(C)cc2c(F)c(CN(C)C)ccc2c1-c1ccc2c3c(ccnc13)CCO2. The molecule has 2 heterocycles. The van der Waals surface area contributed by atoms with Crippen LogP contribution < -0.4 is 4.74 Å². The van der Waals surface area contributed by atoms with Gasteiger partial charge in [-0.05, 0) is 101 Å². The van der Waals surface area contributed by atoms with Crippen LogP contribution in [0, 0.1) is 12.7 Å². The van der Waals surface area contributed by atoms with E-state index in [0.29, 0.717) is 30.7 Å². The highest BCUT2D eigenvalue weighted by molar-refractivity contribution is 6.08. The fourth-order valence-corrected chi connectivity index (χ4v) is 5.12. The summed E-state index contributed by atoms with van der Waals surface area (Å²) in [6.07, 6.45) is 2.72. The van der Waals surface area contributed by atoms with Crippen LogP contribution in [0.25, 0.3) is 32.8 Å². The second-order valence-electron chi connectivity index (χ2n) is 11.5. The van der Waals surface area contributed by atoms with Crippen LogP contribution in [-0.4, -0.2) is 53.9 Å². The first kappa shape index (κ1) is 29.4. The third-order valence-electron chi connectivity index (χ3n) is 6.62. The summed E-state index contributed by atoms with van der Waals surface area (Å²) in [7, 11) is 3.84. The Labute approximate surface area is 235 Å². The number of pyridine rings is 1. The van der Waals surface area contributed by atoms with Gasteiger partial charge in [0.05, 0.1) is 30.8 Å². The molecule has 0 aliphatic carbocycles. The van der Waals surface area contributed by atoms with Crippen molar-refractivity contribution in [2.24, 2.45) is 0 Å². The van der Waals surface area contributed by atoms with E-state index in [1.807, 2.05) is 68.5 Å². The van der Waals surface area contributed by atoms with Gasteiger partial charge in [0, 0.05) is 41.1 Å². The zero-order chi connectivity index (χ0) is 29.2. The van der Waals surface area contributed by atoms with Gasteiger partial charge < -0.3 is 19.5 Å². The summed E-state index contributed by atoms with van der Waals surface area (Å²) in [4.78, 5) is 19.3. The van der Waals surface area contributed by atoms with Gasteiger partial charge in [-0.1, -0.05) is 12.1 Å². The number of hydrogen-bond donors (Lipinski definition) is 1. The van der Waals surface area contributed by atoms with Gasteiger partial charge in [0.15, 0.2) is 0 Å². The second kappa shape index (κ2) is 11.9. The summed E-state index contributed by atoms with van der Waals surface area (Å²) in [5.41, 5.74) is 5.48. The van der Waals surface area contributed by atoms with E-state index in [2.05, 4.69) is 0 Å². The van der Waals surface area contributed by atoms with E-state index in [9.17, 15) is 4.79 Å². The predicted molar refractivity (Wildman–Crippen MR) is 158 cm³/mol. The van der Waals surface area contributed by atoms with Crippen LogP contribution in [0.5, 0.6) is 5.75 Å². The smallest absolute Gasteiger partial charge is 0.310 e. The quantitative estimate of drug-likeness (QED) is 0.283. The Hall–Kier alpha value is -3.55. The summed E-state index contributed by atoms with van der Waals surface area (Å²) >= 11 is 0. The van der Waals surface area contributed by atoms with Crippen LogP contribution in [0.3, 0.4) is 0 Å². The largest absolute Gasteiger partial charge is 0.493 e. The van der Waals surface area contributed by atoms with Gasteiger partial charge in [-0.3, -0.25) is 9.78 Å². The number of rotatable bonds is 6. The van der Waals surface area contributed by atoms with Crippen LogP contribution in [-0.2, 0) is 28.9 Å². The molecule has 4 aromatic rings. The van der Waals surface area contributed by atoms with E-state index in [1.165, 1.54) is 5.56 Å². The minimum Gasteiger partial charge on any atom is -0.493 e. The molecule has 40 heavy (non-hydrogen) atoms. The molecule has 0 spiro atoms. The van der Waals surface area contributed by atoms with Crippen molar-refractivity contribution in [1.82, 2.24) is 9.88 Å². The molecular weight excluding hydrogens is 507 g/mol. The Morgan fingerprint density at radius 1 is 1.15 bits per heavy atom. The topological polar surface area (TPSA) is 71.9 Å². The van der Waals surface area contributed by atoms with Crippen LogP contribution >= 0.6 is 0 Å². The number of nitrogens with zero attached hydrogens (tertiary/aromatic N) is 2. The maximum Gasteiger partial charge on any atom is 0.310 e. The molecule has 1 aromatic heterocycles. The van der Waals surface area contributed by atoms with Crippen molar-refractivity contribution in [3.8, 4) is 16.9 Å². The fraction of sp³-hybridized carbons (Fsp3) is 0.394. The van der Waals surface area contributed by atoms with Gasteiger partial charge in [-0.2, -0.15) is 0 Å². The van der Waals surface area contributed by atoms with Gasteiger partial charge in [0.2, 0.25) is 0 Å². The number of fused-ring (bicyclic) bond motifs is 1. The number of aromatic nitrogens is 1. The molecular formula is C33H39FN2O4. The minimum absolute atomic E-state index is 0.103. The lowest BCUT2D eigenvalue weighted by molar-refractivity contribution is -0.142. The molecule has 7 heteroatoms. The Morgan fingerprint density at radius 3 is 2.55 bits per heavy atom. The third-order valence-corrected chi connectivity index (χ3v) is 6.62. The first-order chi connectivity index (χ1) is 18.9. The summed E-state index contributed by atoms with van der Waals surface area (Å²) in [6.45, 7) is 10.4. The van der Waals surface area contributed by atoms with E-state index >= 15 is 4.39 Å². The van der Waals surface area contributed by atoms with E-state index in [4.69, 9.17) is 19.6 Å². The molecule has 0 saturated carbocycles. The van der Waals surface area contributed by atoms with Gasteiger partial charge in [-0.25, -0.2) is 4.39 Å². The third kappa shape index (κ3) is 6.43. The first-order valence-electron chi connectivity index (χ1n) is 13.7. The minimum atomic E-state index is -0.500. The molecule has 0 saturated heterocycles. The van der Waals surface area contributed by atoms with Crippen molar-refractivity contribution in [1.29, 1.82) is 0 Å². The van der Waals surface area contributed by atoms with Crippen LogP contribution in [0.15, 0.2) is 42.6 Å². The average Bonchev–Trinajstić information content (AvgIpc) is 2.87. The molecule has 1 aliphatic heterocycles. The Bertz CT molecular complexity index is 1540. The van der Waals surface area contributed by atoms with Crippen molar-refractivity contribution in [3.05, 3.63) is 70.7 Å². The molecule has 0 unspecified atom stereocenters. The number of halogens is 1. The van der Waals surface area contributed by atoms with Crippen molar-refractivity contribution >= 4 is 27.6 Å². The highest BCUT2D eigenvalue weighted by Crippen LogP contribution is 2.43. The molecule has 5 rings (SSSR count). The second-order valence-corrected chi connectivity index (χ2v) is 11.5. The van der Waals surface area contributed by atoms with E-state index in [0.717, 1.165) is 50.7 Å². The molecule has 3 aromatic carbocycles. The van der Waals surface area contributed by atoms with E-state index < -0.39 is 5.60 Å².